The molecule has 0 saturated heterocycles. The Hall–Kier alpha value is -0.220. The standard InChI is InChI=1S/C11H21NO2S/c1-9(15-8-7-13)11(14)12-10-5-3-2-4-6-10/h9-10,13H,2-8H2,1H3,(H,12,14). The fraction of sp³-hybridized carbons (Fsp3) is 0.909. The molecule has 0 aromatic heterocycles. The summed E-state index contributed by atoms with van der Waals surface area (Å²) in [6.45, 7) is 2.05. The number of amides is 1. The van der Waals surface area contributed by atoms with Crippen molar-refractivity contribution in [2.45, 2.75) is 50.3 Å². The Morgan fingerprint density at radius 2 is 2.13 bits per heavy atom. The Bertz CT molecular complexity index is 193. The van der Waals surface area contributed by atoms with E-state index in [0.717, 1.165) is 12.8 Å². The molecule has 1 amide bonds. The van der Waals surface area contributed by atoms with Gasteiger partial charge in [-0.1, -0.05) is 19.3 Å². The van der Waals surface area contributed by atoms with E-state index in [2.05, 4.69) is 5.32 Å². The zero-order valence-corrected chi connectivity index (χ0v) is 10.2. The number of thioether (sulfide) groups is 1. The van der Waals surface area contributed by atoms with Crippen LogP contribution in [0.25, 0.3) is 0 Å². The van der Waals surface area contributed by atoms with Crippen molar-refractivity contribution in [1.29, 1.82) is 0 Å². The highest BCUT2D eigenvalue weighted by Gasteiger charge is 2.19. The van der Waals surface area contributed by atoms with Crippen LogP contribution >= 0.6 is 11.8 Å². The van der Waals surface area contributed by atoms with E-state index in [0.29, 0.717) is 11.8 Å². The zero-order chi connectivity index (χ0) is 11.1. The summed E-state index contributed by atoms with van der Waals surface area (Å²) in [6.07, 6.45) is 6.04. The first kappa shape index (κ1) is 12.8. The van der Waals surface area contributed by atoms with E-state index in [4.69, 9.17) is 5.11 Å². The van der Waals surface area contributed by atoms with Gasteiger partial charge in [0.2, 0.25) is 5.91 Å². The lowest BCUT2D eigenvalue weighted by atomic mass is 9.95. The maximum atomic E-state index is 11.7. The van der Waals surface area contributed by atoms with Crippen molar-refractivity contribution in [3.8, 4) is 0 Å². The van der Waals surface area contributed by atoms with Crippen molar-refractivity contribution in [2.24, 2.45) is 0 Å². The van der Waals surface area contributed by atoms with Gasteiger partial charge in [0.15, 0.2) is 0 Å². The van der Waals surface area contributed by atoms with Gasteiger partial charge in [-0.25, -0.2) is 0 Å². The summed E-state index contributed by atoms with van der Waals surface area (Å²) in [6, 6.07) is 0.392. The van der Waals surface area contributed by atoms with Gasteiger partial charge in [0.1, 0.15) is 0 Å². The van der Waals surface area contributed by atoms with Gasteiger partial charge in [0, 0.05) is 11.8 Å². The monoisotopic (exact) mass is 231 g/mol. The molecule has 0 aromatic carbocycles. The maximum Gasteiger partial charge on any atom is 0.233 e. The summed E-state index contributed by atoms with van der Waals surface area (Å²) >= 11 is 1.51. The van der Waals surface area contributed by atoms with Crippen molar-refractivity contribution in [3.63, 3.8) is 0 Å². The SMILES string of the molecule is CC(SCCO)C(=O)NC1CCCCC1. The molecule has 1 unspecified atom stereocenters. The molecule has 0 spiro atoms. The molecule has 1 aliphatic carbocycles. The van der Waals surface area contributed by atoms with Gasteiger partial charge in [-0.3, -0.25) is 4.79 Å². The molecule has 0 aromatic rings. The minimum absolute atomic E-state index is 0.0425. The Morgan fingerprint density at radius 1 is 1.47 bits per heavy atom. The van der Waals surface area contributed by atoms with Crippen molar-refractivity contribution in [1.82, 2.24) is 5.32 Å². The van der Waals surface area contributed by atoms with E-state index in [9.17, 15) is 4.79 Å². The minimum atomic E-state index is -0.0425. The van der Waals surface area contributed by atoms with Crippen molar-refractivity contribution in [2.75, 3.05) is 12.4 Å². The minimum Gasteiger partial charge on any atom is -0.396 e. The fourth-order valence-corrected chi connectivity index (χ4v) is 2.55. The predicted octanol–water partition coefficient (Wildman–Crippen LogP) is 1.55. The topological polar surface area (TPSA) is 49.3 Å². The van der Waals surface area contributed by atoms with E-state index in [1.807, 2.05) is 6.92 Å². The maximum absolute atomic E-state index is 11.7. The third kappa shape index (κ3) is 4.89. The second-order valence-electron chi connectivity index (χ2n) is 4.08. The number of hydrogen-bond acceptors (Lipinski definition) is 3. The zero-order valence-electron chi connectivity index (χ0n) is 9.37. The van der Waals surface area contributed by atoms with Gasteiger partial charge < -0.3 is 10.4 Å². The molecule has 1 fully saturated rings. The summed E-state index contributed by atoms with van der Waals surface area (Å²) in [7, 11) is 0. The van der Waals surface area contributed by atoms with E-state index in [1.165, 1.54) is 31.0 Å². The Morgan fingerprint density at radius 3 is 2.73 bits per heavy atom. The van der Waals surface area contributed by atoms with Crippen LogP contribution in [-0.4, -0.2) is 34.7 Å². The normalized spacial score (nSPS) is 19.9. The van der Waals surface area contributed by atoms with Crippen LogP contribution in [0.15, 0.2) is 0 Å². The van der Waals surface area contributed by atoms with Gasteiger partial charge in [-0.2, -0.15) is 0 Å². The highest BCUT2D eigenvalue weighted by molar-refractivity contribution is 8.00. The third-order valence-corrected chi connectivity index (χ3v) is 3.91. The van der Waals surface area contributed by atoms with Crippen LogP contribution in [0.4, 0.5) is 0 Å². The van der Waals surface area contributed by atoms with Gasteiger partial charge >= 0.3 is 0 Å². The van der Waals surface area contributed by atoms with Crippen molar-refractivity contribution >= 4 is 17.7 Å². The molecule has 0 aliphatic heterocycles. The molecule has 4 heteroatoms. The first-order valence-electron chi connectivity index (χ1n) is 5.77. The lowest BCUT2D eigenvalue weighted by Crippen LogP contribution is -2.40. The fourth-order valence-electron chi connectivity index (χ4n) is 1.87. The van der Waals surface area contributed by atoms with Crippen LogP contribution in [0.2, 0.25) is 0 Å². The first-order chi connectivity index (χ1) is 7.24. The summed E-state index contributed by atoms with van der Waals surface area (Å²) in [5, 5.41) is 11.7. The molecule has 1 aliphatic rings. The van der Waals surface area contributed by atoms with Gasteiger partial charge in [-0.15, -0.1) is 11.8 Å². The van der Waals surface area contributed by atoms with E-state index in [1.54, 1.807) is 0 Å². The Balaban J connectivity index is 2.20. The van der Waals surface area contributed by atoms with Crippen LogP contribution in [0.5, 0.6) is 0 Å². The average Bonchev–Trinajstić information content (AvgIpc) is 2.27. The molecule has 0 heterocycles. The molecule has 1 atom stereocenters. The average molecular weight is 231 g/mol. The smallest absolute Gasteiger partial charge is 0.233 e. The Labute approximate surface area is 96.0 Å². The molecule has 0 bridgehead atoms. The molecule has 1 saturated carbocycles. The summed E-state index contributed by atoms with van der Waals surface area (Å²) in [5.41, 5.74) is 0. The number of carbonyl (C=O) groups excluding carboxylic acids is 1. The molecule has 2 N–H and O–H groups in total. The van der Waals surface area contributed by atoms with E-state index < -0.39 is 0 Å². The number of carbonyl (C=O) groups is 1. The van der Waals surface area contributed by atoms with Gasteiger partial charge in [0.25, 0.3) is 0 Å². The Kier molecular flexibility index (Phi) is 6.10. The quantitative estimate of drug-likeness (QED) is 0.755. The number of nitrogens with one attached hydrogen (secondary N) is 1. The van der Waals surface area contributed by atoms with Crippen LogP contribution in [0, 0.1) is 0 Å². The van der Waals surface area contributed by atoms with Crippen LogP contribution in [-0.2, 0) is 4.79 Å². The second kappa shape index (κ2) is 7.12. The molecule has 15 heavy (non-hydrogen) atoms. The molecular formula is C11H21NO2S. The summed E-state index contributed by atoms with van der Waals surface area (Å²) in [5.74, 6) is 0.763. The van der Waals surface area contributed by atoms with Gasteiger partial charge in [0.05, 0.1) is 11.9 Å². The van der Waals surface area contributed by atoms with E-state index in [-0.39, 0.29) is 17.8 Å². The van der Waals surface area contributed by atoms with Crippen molar-refractivity contribution < 1.29 is 9.90 Å². The molecule has 88 valence electrons. The van der Waals surface area contributed by atoms with Crippen molar-refractivity contribution in [3.05, 3.63) is 0 Å². The second-order valence-corrected chi connectivity index (χ2v) is 5.53. The van der Waals surface area contributed by atoms with Crippen LogP contribution < -0.4 is 5.32 Å². The van der Waals surface area contributed by atoms with Crippen LogP contribution in [0.1, 0.15) is 39.0 Å². The summed E-state index contributed by atoms with van der Waals surface area (Å²) in [4.78, 5) is 11.7. The third-order valence-electron chi connectivity index (χ3n) is 2.78. The lowest BCUT2D eigenvalue weighted by molar-refractivity contribution is -0.121. The highest BCUT2D eigenvalue weighted by Crippen LogP contribution is 2.18. The molecular weight excluding hydrogens is 210 g/mol. The van der Waals surface area contributed by atoms with E-state index >= 15 is 0 Å². The predicted molar refractivity (Wildman–Crippen MR) is 64.0 cm³/mol. The number of rotatable bonds is 5. The van der Waals surface area contributed by atoms with Crippen LogP contribution in [0.3, 0.4) is 0 Å². The molecule has 0 radical (unpaired) electrons. The largest absolute Gasteiger partial charge is 0.396 e. The highest BCUT2D eigenvalue weighted by atomic mass is 32.2. The number of aliphatic hydroxyl groups is 1. The number of hydrogen-bond donors (Lipinski definition) is 2. The molecule has 1 rings (SSSR count). The lowest BCUT2D eigenvalue weighted by Gasteiger charge is -2.24. The first-order valence-corrected chi connectivity index (χ1v) is 6.81. The van der Waals surface area contributed by atoms with Gasteiger partial charge in [-0.05, 0) is 19.8 Å². The summed E-state index contributed by atoms with van der Waals surface area (Å²) < 4.78 is 0. The molecule has 3 nitrogen and oxygen atoms in total. The number of aliphatic hydroxyl groups excluding tert-OH is 1.